The second kappa shape index (κ2) is 8.24. The van der Waals surface area contributed by atoms with Gasteiger partial charge < -0.3 is 15.4 Å². The van der Waals surface area contributed by atoms with Crippen LogP contribution in [0.25, 0.3) is 0 Å². The summed E-state index contributed by atoms with van der Waals surface area (Å²) in [5.41, 5.74) is 5.59. The van der Waals surface area contributed by atoms with E-state index in [0.29, 0.717) is 13.2 Å². The Morgan fingerprint density at radius 2 is 1.81 bits per heavy atom. The van der Waals surface area contributed by atoms with Crippen LogP contribution in [0.1, 0.15) is 32.3 Å². The molecule has 0 amide bonds. The number of ether oxygens (including phenoxy) is 1. The lowest BCUT2D eigenvalue weighted by molar-refractivity contribution is 0.202. The van der Waals surface area contributed by atoms with Crippen LogP contribution in [0.4, 0.5) is 14.5 Å². The van der Waals surface area contributed by atoms with Crippen LogP contribution in [0.2, 0.25) is 0 Å². The number of hydrogen-bond donors (Lipinski definition) is 1. The summed E-state index contributed by atoms with van der Waals surface area (Å²) < 4.78 is 33.7. The second-order valence-electron chi connectivity index (χ2n) is 4.81. The topological polar surface area (TPSA) is 38.5 Å². The zero-order valence-corrected chi connectivity index (χ0v) is 13.5. The molecule has 2 N–H and O–H groups in total. The van der Waals surface area contributed by atoms with Crippen LogP contribution >= 0.6 is 12.2 Å². The van der Waals surface area contributed by atoms with Gasteiger partial charge in [-0.15, -0.1) is 0 Å². The van der Waals surface area contributed by atoms with Crippen molar-refractivity contribution in [3.8, 4) is 0 Å². The number of benzene rings is 1. The molecule has 0 saturated carbocycles. The van der Waals surface area contributed by atoms with E-state index >= 15 is 0 Å². The third-order valence-corrected chi connectivity index (χ3v) is 3.74. The molecule has 0 aromatic heterocycles. The number of hydrogen-bond acceptors (Lipinski definition) is 3. The van der Waals surface area contributed by atoms with Crippen molar-refractivity contribution in [2.75, 3.05) is 25.2 Å². The first-order valence-electron chi connectivity index (χ1n) is 7.00. The largest absolute Gasteiger partial charge is 0.389 e. The number of methoxy groups -OCH3 is 1. The molecule has 0 saturated heterocycles. The number of nitrogens with zero attached hydrogens (tertiary/aromatic N) is 1. The molecule has 1 aromatic carbocycles. The lowest BCUT2D eigenvalue weighted by atomic mass is 10.1. The Morgan fingerprint density at radius 1 is 1.29 bits per heavy atom. The lowest BCUT2D eigenvalue weighted by Crippen LogP contribution is -2.38. The van der Waals surface area contributed by atoms with Gasteiger partial charge in [-0.25, -0.2) is 8.78 Å². The summed E-state index contributed by atoms with van der Waals surface area (Å²) in [7, 11) is 1.56. The highest BCUT2D eigenvalue weighted by Crippen LogP contribution is 2.28. The Kier molecular flexibility index (Phi) is 6.98. The summed E-state index contributed by atoms with van der Waals surface area (Å²) >= 11 is 4.77. The van der Waals surface area contributed by atoms with Gasteiger partial charge in [0, 0.05) is 25.3 Å². The maximum atomic E-state index is 14.3. The number of anilines is 1. The maximum absolute atomic E-state index is 14.3. The predicted octanol–water partition coefficient (Wildman–Crippen LogP) is 3.24. The summed E-state index contributed by atoms with van der Waals surface area (Å²) in [5, 5.41) is 0. The molecule has 0 radical (unpaired) electrons. The van der Waals surface area contributed by atoms with Crippen LogP contribution in [0, 0.1) is 11.6 Å². The molecule has 0 atom stereocenters. The van der Waals surface area contributed by atoms with Crippen molar-refractivity contribution in [3.05, 3.63) is 29.3 Å². The first-order valence-corrected chi connectivity index (χ1v) is 7.41. The van der Waals surface area contributed by atoms with Crippen molar-refractivity contribution in [3.63, 3.8) is 0 Å². The molecule has 1 rings (SSSR count). The Labute approximate surface area is 130 Å². The number of thiocarbonyl (C=S) groups is 1. The molecule has 21 heavy (non-hydrogen) atoms. The monoisotopic (exact) mass is 316 g/mol. The Balaban J connectivity index is 3.26. The predicted molar refractivity (Wildman–Crippen MR) is 85.8 cm³/mol. The second-order valence-corrected chi connectivity index (χ2v) is 5.25. The van der Waals surface area contributed by atoms with E-state index in [2.05, 4.69) is 0 Å². The summed E-state index contributed by atoms with van der Waals surface area (Å²) in [6.45, 7) is 4.80. The first-order chi connectivity index (χ1) is 9.96. The summed E-state index contributed by atoms with van der Waals surface area (Å²) in [4.78, 5) is 1.70. The highest BCUT2D eigenvalue weighted by Gasteiger charge is 2.23. The molecule has 0 aliphatic heterocycles. The van der Waals surface area contributed by atoms with Crippen LogP contribution in [-0.4, -0.2) is 31.3 Å². The van der Waals surface area contributed by atoms with E-state index in [0.717, 1.165) is 12.8 Å². The average Bonchev–Trinajstić information content (AvgIpc) is 2.44. The average molecular weight is 316 g/mol. The number of halogens is 2. The molecule has 0 heterocycles. The fraction of sp³-hybridized carbons (Fsp3) is 0.533. The highest BCUT2D eigenvalue weighted by atomic mass is 32.1. The van der Waals surface area contributed by atoms with E-state index < -0.39 is 11.6 Å². The third kappa shape index (κ3) is 4.35. The van der Waals surface area contributed by atoms with Gasteiger partial charge in [0.15, 0.2) is 0 Å². The molecule has 1 aromatic rings. The quantitative estimate of drug-likeness (QED) is 0.747. The highest BCUT2D eigenvalue weighted by molar-refractivity contribution is 7.80. The molecular weight excluding hydrogens is 294 g/mol. The molecule has 0 unspecified atom stereocenters. The van der Waals surface area contributed by atoms with Crippen LogP contribution in [0.15, 0.2) is 12.1 Å². The van der Waals surface area contributed by atoms with Gasteiger partial charge >= 0.3 is 0 Å². The fourth-order valence-corrected chi connectivity index (χ4v) is 2.50. The number of nitrogens with two attached hydrogens (primary N) is 1. The summed E-state index contributed by atoms with van der Waals surface area (Å²) in [6, 6.07) is 2.41. The zero-order chi connectivity index (χ0) is 16.0. The van der Waals surface area contributed by atoms with Crippen LogP contribution in [0.3, 0.4) is 0 Å². The Hall–Kier alpha value is -1.27. The van der Waals surface area contributed by atoms with Gasteiger partial charge in [0.1, 0.15) is 22.3 Å². The molecular formula is C15H22F2N2OS. The van der Waals surface area contributed by atoms with Gasteiger partial charge in [0.05, 0.1) is 6.61 Å². The SMILES string of the molecule is CCC(CC)N(CCOC)c1c(F)cc(C(N)=S)cc1F. The molecule has 0 spiro atoms. The van der Waals surface area contributed by atoms with E-state index in [1.165, 1.54) is 12.1 Å². The van der Waals surface area contributed by atoms with Crippen molar-refractivity contribution in [2.45, 2.75) is 32.7 Å². The molecule has 0 aliphatic carbocycles. The van der Waals surface area contributed by atoms with Crippen molar-refractivity contribution in [1.82, 2.24) is 0 Å². The Morgan fingerprint density at radius 3 is 2.19 bits per heavy atom. The van der Waals surface area contributed by atoms with Gasteiger partial charge in [0.25, 0.3) is 0 Å². The lowest BCUT2D eigenvalue weighted by Gasteiger charge is -2.33. The van der Waals surface area contributed by atoms with Crippen molar-refractivity contribution in [1.29, 1.82) is 0 Å². The fourth-order valence-electron chi connectivity index (χ4n) is 2.38. The summed E-state index contributed by atoms with van der Waals surface area (Å²) in [6.07, 6.45) is 1.58. The zero-order valence-electron chi connectivity index (χ0n) is 12.7. The van der Waals surface area contributed by atoms with Crippen LogP contribution in [-0.2, 0) is 4.74 Å². The third-order valence-electron chi connectivity index (χ3n) is 3.51. The van der Waals surface area contributed by atoms with Gasteiger partial charge in [-0.2, -0.15) is 0 Å². The van der Waals surface area contributed by atoms with Gasteiger partial charge in [-0.3, -0.25) is 0 Å². The smallest absolute Gasteiger partial charge is 0.150 e. The van der Waals surface area contributed by atoms with Gasteiger partial charge in [0.2, 0.25) is 0 Å². The minimum atomic E-state index is -0.652. The Bertz CT molecular complexity index is 470. The van der Waals surface area contributed by atoms with Crippen molar-refractivity contribution >= 4 is 22.9 Å². The van der Waals surface area contributed by atoms with E-state index in [-0.39, 0.29) is 22.3 Å². The molecule has 0 bridgehead atoms. The minimum Gasteiger partial charge on any atom is -0.389 e. The van der Waals surface area contributed by atoms with E-state index in [9.17, 15) is 8.78 Å². The molecule has 118 valence electrons. The maximum Gasteiger partial charge on any atom is 0.150 e. The normalized spacial score (nSPS) is 11.0. The molecule has 3 nitrogen and oxygen atoms in total. The van der Waals surface area contributed by atoms with Crippen LogP contribution in [0.5, 0.6) is 0 Å². The summed E-state index contributed by atoms with van der Waals surface area (Å²) in [5.74, 6) is -1.30. The molecule has 6 heteroatoms. The van der Waals surface area contributed by atoms with Crippen LogP contribution < -0.4 is 10.6 Å². The standard InChI is InChI=1S/C15H22F2N2OS/c1-4-11(5-2)19(6-7-20-3)14-12(16)8-10(15(18)21)9-13(14)17/h8-9,11H,4-7H2,1-3H3,(H2,18,21). The molecule has 0 aliphatic rings. The van der Waals surface area contributed by atoms with Crippen molar-refractivity contribution in [2.24, 2.45) is 5.73 Å². The molecule has 0 fully saturated rings. The first kappa shape index (κ1) is 17.8. The van der Waals surface area contributed by atoms with E-state index in [1.54, 1.807) is 12.0 Å². The van der Waals surface area contributed by atoms with Crippen molar-refractivity contribution < 1.29 is 13.5 Å². The van der Waals surface area contributed by atoms with Gasteiger partial charge in [-0.05, 0) is 25.0 Å². The van der Waals surface area contributed by atoms with E-state index in [1.807, 2.05) is 13.8 Å². The van der Waals surface area contributed by atoms with Gasteiger partial charge in [-0.1, -0.05) is 26.1 Å². The van der Waals surface area contributed by atoms with E-state index in [4.69, 9.17) is 22.7 Å². The minimum absolute atomic E-state index is 0.0228. The number of rotatable bonds is 8.